The Bertz CT molecular complexity index is 396. The average molecular weight is 534 g/mol. The lowest BCUT2D eigenvalue weighted by Gasteiger charge is -2.16. The molecule has 0 aliphatic rings. The van der Waals surface area contributed by atoms with Gasteiger partial charge in [-0.15, -0.1) is 23.2 Å². The average Bonchev–Trinajstić information content (AvgIpc) is 2.44. The fourth-order valence-electron chi connectivity index (χ4n) is 1.67. The zero-order valence-corrected chi connectivity index (χ0v) is 19.5. The first-order valence-corrected chi connectivity index (χ1v) is 10.7. The molecule has 0 spiro atoms. The molecule has 4 nitrogen and oxygen atoms in total. The van der Waals surface area contributed by atoms with Crippen molar-refractivity contribution in [2.24, 2.45) is 0 Å². The van der Waals surface area contributed by atoms with E-state index in [9.17, 15) is 9.59 Å². The molecule has 0 radical (unpaired) electrons. The van der Waals surface area contributed by atoms with Crippen LogP contribution in [0, 0.1) is 0 Å². The van der Waals surface area contributed by atoms with Crippen molar-refractivity contribution in [2.45, 2.75) is 56.9 Å². The van der Waals surface area contributed by atoms with Crippen molar-refractivity contribution in [1.29, 1.82) is 0 Å². The minimum atomic E-state index is -1.50. The van der Waals surface area contributed by atoms with Gasteiger partial charge in [-0.25, -0.2) is 0 Å². The molecule has 0 heterocycles. The Morgan fingerprint density at radius 1 is 0.692 bits per heavy atom. The van der Waals surface area contributed by atoms with Crippen LogP contribution in [0.3, 0.4) is 0 Å². The summed E-state index contributed by atoms with van der Waals surface area (Å²) in [6.07, 6.45) is 1.27. The number of alkyl halides is 8. The number of carbonyl (C=O) groups excluding carboxylic acids is 2. The summed E-state index contributed by atoms with van der Waals surface area (Å²) in [6.45, 7) is -0.118. The molecule has 0 saturated heterocycles. The number of hydrogen-bond acceptors (Lipinski definition) is 4. The monoisotopic (exact) mass is 530 g/mol. The number of rotatable bonds is 11. The Morgan fingerprint density at radius 3 is 1.27 bits per heavy atom. The quantitative estimate of drug-likeness (QED) is 0.176. The number of esters is 2. The van der Waals surface area contributed by atoms with Gasteiger partial charge < -0.3 is 9.47 Å². The van der Waals surface area contributed by atoms with Crippen molar-refractivity contribution >= 4 is 105 Å². The largest absolute Gasteiger partial charge is 0.464 e. The molecule has 26 heavy (non-hydrogen) atoms. The van der Waals surface area contributed by atoms with Crippen LogP contribution >= 0.6 is 92.8 Å². The maximum Gasteiger partial charge on any atom is 0.305 e. The van der Waals surface area contributed by atoms with Gasteiger partial charge in [0.05, 0.1) is 10.8 Å². The normalized spacial score (nSPS) is 14.6. The van der Waals surface area contributed by atoms with Crippen LogP contribution in [0.25, 0.3) is 0 Å². The molecule has 0 rings (SSSR count). The van der Waals surface area contributed by atoms with Crippen molar-refractivity contribution < 1.29 is 19.1 Å². The van der Waals surface area contributed by atoms with E-state index in [1.54, 1.807) is 0 Å². The van der Waals surface area contributed by atoms with E-state index < -0.39 is 30.3 Å². The maximum atomic E-state index is 11.6. The lowest BCUT2D eigenvalue weighted by Crippen LogP contribution is -2.20. The molecule has 0 fully saturated rings. The van der Waals surface area contributed by atoms with Crippen LogP contribution in [0.4, 0.5) is 0 Å². The summed E-state index contributed by atoms with van der Waals surface area (Å²) in [4.78, 5) is 23.1. The van der Waals surface area contributed by atoms with Crippen LogP contribution in [0.2, 0.25) is 0 Å². The number of hydrogen-bond donors (Lipinski definition) is 0. The molecule has 0 saturated carbocycles. The maximum absolute atomic E-state index is 11.6. The molecule has 0 bridgehead atoms. The first kappa shape index (κ1) is 27.3. The van der Waals surface area contributed by atoms with Crippen molar-refractivity contribution in [3.63, 3.8) is 0 Å². The van der Waals surface area contributed by atoms with Gasteiger partial charge >= 0.3 is 11.9 Å². The Kier molecular flexibility index (Phi) is 14.1. The van der Waals surface area contributed by atoms with Crippen molar-refractivity contribution in [3.05, 3.63) is 0 Å². The fourth-order valence-corrected chi connectivity index (χ4v) is 3.85. The predicted octanol–water partition coefficient (Wildman–Crippen LogP) is 6.37. The van der Waals surface area contributed by atoms with Crippen LogP contribution in [-0.2, 0) is 19.1 Å². The second kappa shape index (κ2) is 13.5. The van der Waals surface area contributed by atoms with Gasteiger partial charge in [-0.2, -0.15) is 0 Å². The van der Waals surface area contributed by atoms with E-state index in [1.807, 2.05) is 0 Å². The number of unbranched alkanes of at least 4 members (excludes halogenated alkanes) is 1. The van der Waals surface area contributed by atoms with Gasteiger partial charge in [-0.05, 0) is 12.8 Å². The van der Waals surface area contributed by atoms with E-state index in [0.29, 0.717) is 12.8 Å². The summed E-state index contributed by atoms with van der Waals surface area (Å²) in [7, 11) is 0. The van der Waals surface area contributed by atoms with Gasteiger partial charge in [0.15, 0.2) is 7.59 Å². The molecule has 0 amide bonds. The molecule has 2 atom stereocenters. The Hall–Kier alpha value is 1.26. The van der Waals surface area contributed by atoms with E-state index in [2.05, 4.69) is 0 Å². The zero-order valence-electron chi connectivity index (χ0n) is 13.5. The summed E-state index contributed by atoms with van der Waals surface area (Å²) in [6, 6.07) is 0. The number of carbonyl (C=O) groups is 2. The summed E-state index contributed by atoms with van der Waals surface area (Å²) in [5.41, 5.74) is 0. The van der Waals surface area contributed by atoms with Crippen LogP contribution in [-0.4, -0.2) is 43.5 Å². The summed E-state index contributed by atoms with van der Waals surface area (Å²) >= 11 is 45.3. The molecular weight excluding hydrogens is 516 g/mol. The van der Waals surface area contributed by atoms with Crippen LogP contribution < -0.4 is 0 Å². The molecule has 0 aliphatic carbocycles. The third-order valence-electron chi connectivity index (χ3n) is 2.77. The van der Waals surface area contributed by atoms with Crippen molar-refractivity contribution in [1.82, 2.24) is 0 Å². The van der Waals surface area contributed by atoms with Crippen molar-refractivity contribution in [2.75, 3.05) is 13.2 Å². The summed E-state index contributed by atoms with van der Waals surface area (Å²) in [5, 5.41) is -1.20. The predicted molar refractivity (Wildman–Crippen MR) is 109 cm³/mol. The first-order valence-electron chi connectivity index (χ1n) is 7.51. The third kappa shape index (κ3) is 18.6. The molecule has 12 heteroatoms. The van der Waals surface area contributed by atoms with Crippen LogP contribution in [0.1, 0.15) is 38.5 Å². The molecule has 0 aromatic heterocycles. The van der Waals surface area contributed by atoms with Crippen LogP contribution in [0.15, 0.2) is 0 Å². The fraction of sp³-hybridized carbons (Fsp3) is 0.857. The van der Waals surface area contributed by atoms with Gasteiger partial charge in [-0.1, -0.05) is 69.6 Å². The third-order valence-corrected chi connectivity index (χ3v) is 4.25. The van der Waals surface area contributed by atoms with Gasteiger partial charge in [-0.3, -0.25) is 9.59 Å². The van der Waals surface area contributed by atoms with Gasteiger partial charge in [0.1, 0.15) is 13.2 Å². The van der Waals surface area contributed by atoms with E-state index in [1.165, 1.54) is 0 Å². The summed E-state index contributed by atoms with van der Waals surface area (Å²) < 4.78 is 6.93. The highest BCUT2D eigenvalue weighted by molar-refractivity contribution is 6.68. The Balaban J connectivity index is 3.75. The van der Waals surface area contributed by atoms with E-state index in [4.69, 9.17) is 102 Å². The number of halogens is 8. The van der Waals surface area contributed by atoms with Crippen molar-refractivity contribution in [3.8, 4) is 0 Å². The molecule has 154 valence electrons. The zero-order chi connectivity index (χ0) is 20.4. The van der Waals surface area contributed by atoms with Gasteiger partial charge in [0.2, 0.25) is 0 Å². The van der Waals surface area contributed by atoms with E-state index in [-0.39, 0.29) is 38.9 Å². The SMILES string of the molecule is O=C(CCCCC(=O)OCC(Cl)CC(Cl)(Cl)Cl)OCC(Cl)CC(Cl)(Cl)Cl. The standard InChI is InChI=1S/C14H18Cl8O4/c15-9(5-13(17,18)19)7-25-11(23)3-1-2-4-12(24)26-8-10(16)6-14(20,21)22/h9-10H,1-8H2. The molecule has 2 unspecified atom stereocenters. The second-order valence-electron chi connectivity index (χ2n) is 5.41. The second-order valence-corrected chi connectivity index (χ2v) is 11.7. The first-order chi connectivity index (χ1) is 11.8. The highest BCUT2D eigenvalue weighted by atomic mass is 35.6. The summed E-state index contributed by atoms with van der Waals surface area (Å²) in [5.74, 6) is -0.895. The molecule has 0 N–H and O–H groups in total. The topological polar surface area (TPSA) is 52.6 Å². The number of ether oxygens (including phenoxy) is 2. The van der Waals surface area contributed by atoms with Gasteiger partial charge in [0.25, 0.3) is 0 Å². The van der Waals surface area contributed by atoms with E-state index >= 15 is 0 Å². The minimum Gasteiger partial charge on any atom is -0.464 e. The Labute approximate surface area is 192 Å². The lowest BCUT2D eigenvalue weighted by atomic mass is 10.2. The molecule has 0 aliphatic heterocycles. The molecule has 0 aromatic rings. The minimum absolute atomic E-state index is 0.0538. The smallest absolute Gasteiger partial charge is 0.305 e. The highest BCUT2D eigenvalue weighted by Gasteiger charge is 2.26. The van der Waals surface area contributed by atoms with Gasteiger partial charge in [0, 0.05) is 25.7 Å². The molecule has 0 aromatic carbocycles. The van der Waals surface area contributed by atoms with E-state index in [0.717, 1.165) is 0 Å². The lowest BCUT2D eigenvalue weighted by molar-refractivity contribution is -0.146. The van der Waals surface area contributed by atoms with Crippen LogP contribution in [0.5, 0.6) is 0 Å². The Morgan fingerprint density at radius 2 is 1.00 bits per heavy atom. The highest BCUT2D eigenvalue weighted by Crippen LogP contribution is 2.33. The molecular formula is C14H18Cl8O4.